The highest BCUT2D eigenvalue weighted by Gasteiger charge is 2.17. The summed E-state index contributed by atoms with van der Waals surface area (Å²) in [5.74, 6) is 0.815. The molecule has 1 unspecified atom stereocenters. The number of amides is 1. The SMILES string of the molecule is Cn1cc(C(CN)Oc2ccc3c(c2)CCC(=O)N3)cn1. The number of carbonyl (C=O) groups is 1. The zero-order valence-electron chi connectivity index (χ0n) is 11.9. The average Bonchev–Trinajstić information content (AvgIpc) is 2.91. The van der Waals surface area contributed by atoms with Crippen LogP contribution in [0.4, 0.5) is 5.69 Å². The van der Waals surface area contributed by atoms with Crippen molar-refractivity contribution in [2.45, 2.75) is 18.9 Å². The molecule has 0 spiro atoms. The standard InChI is InChI=1S/C15H18N4O2/c1-19-9-11(8-17-19)14(7-16)21-12-3-4-13-10(6-12)2-5-15(20)18-13/h3-4,6,8-9,14H,2,5,7,16H2,1H3,(H,18,20). The van der Waals surface area contributed by atoms with Gasteiger partial charge in [-0.2, -0.15) is 5.10 Å². The van der Waals surface area contributed by atoms with E-state index in [2.05, 4.69) is 10.4 Å². The molecule has 1 atom stereocenters. The fourth-order valence-electron chi connectivity index (χ4n) is 2.46. The van der Waals surface area contributed by atoms with E-state index in [0.29, 0.717) is 13.0 Å². The molecule has 0 aliphatic carbocycles. The maximum absolute atomic E-state index is 11.4. The molecule has 0 radical (unpaired) electrons. The van der Waals surface area contributed by atoms with E-state index in [9.17, 15) is 4.79 Å². The third kappa shape index (κ3) is 2.90. The Bertz CT molecular complexity index is 665. The molecule has 3 rings (SSSR count). The molecular weight excluding hydrogens is 268 g/mol. The molecule has 6 nitrogen and oxygen atoms in total. The highest BCUT2D eigenvalue weighted by atomic mass is 16.5. The van der Waals surface area contributed by atoms with Gasteiger partial charge in [0, 0.05) is 37.5 Å². The highest BCUT2D eigenvalue weighted by molar-refractivity contribution is 5.93. The number of anilines is 1. The summed E-state index contributed by atoms with van der Waals surface area (Å²) in [6.07, 6.45) is 4.68. The number of nitrogens with zero attached hydrogens (tertiary/aromatic N) is 2. The Morgan fingerprint density at radius 3 is 3.05 bits per heavy atom. The first kappa shape index (κ1) is 13.6. The van der Waals surface area contributed by atoms with Crippen LogP contribution in [0.1, 0.15) is 23.7 Å². The van der Waals surface area contributed by atoms with Crippen LogP contribution in [0, 0.1) is 0 Å². The van der Waals surface area contributed by atoms with E-state index >= 15 is 0 Å². The lowest BCUT2D eigenvalue weighted by atomic mass is 10.0. The molecule has 1 aliphatic rings. The van der Waals surface area contributed by atoms with Gasteiger partial charge in [0.05, 0.1) is 6.20 Å². The van der Waals surface area contributed by atoms with Crippen molar-refractivity contribution in [3.8, 4) is 5.75 Å². The lowest BCUT2D eigenvalue weighted by Crippen LogP contribution is -2.20. The van der Waals surface area contributed by atoms with E-state index in [-0.39, 0.29) is 12.0 Å². The molecule has 1 amide bonds. The normalized spacial score (nSPS) is 15.2. The Morgan fingerprint density at radius 2 is 2.33 bits per heavy atom. The van der Waals surface area contributed by atoms with Gasteiger partial charge in [0.1, 0.15) is 11.9 Å². The van der Waals surface area contributed by atoms with E-state index in [1.165, 1.54) is 0 Å². The quantitative estimate of drug-likeness (QED) is 0.889. The number of rotatable bonds is 4. The predicted octanol–water partition coefficient (Wildman–Crippen LogP) is 1.38. The summed E-state index contributed by atoms with van der Waals surface area (Å²) in [5, 5.41) is 7.00. The van der Waals surface area contributed by atoms with Crippen LogP contribution in [0.15, 0.2) is 30.6 Å². The fourth-order valence-corrected chi connectivity index (χ4v) is 2.46. The molecule has 1 aromatic heterocycles. The van der Waals surface area contributed by atoms with Gasteiger partial charge in [-0.05, 0) is 30.2 Å². The van der Waals surface area contributed by atoms with Crippen LogP contribution in [-0.4, -0.2) is 22.2 Å². The highest BCUT2D eigenvalue weighted by Crippen LogP contribution is 2.29. The van der Waals surface area contributed by atoms with Gasteiger partial charge in [0.15, 0.2) is 0 Å². The Labute approximate surface area is 122 Å². The molecular formula is C15H18N4O2. The number of aryl methyl sites for hydroxylation is 2. The van der Waals surface area contributed by atoms with Gasteiger partial charge < -0.3 is 15.8 Å². The van der Waals surface area contributed by atoms with Crippen molar-refractivity contribution in [2.24, 2.45) is 12.8 Å². The number of nitrogens with two attached hydrogens (primary N) is 1. The van der Waals surface area contributed by atoms with E-state index in [1.807, 2.05) is 31.4 Å². The van der Waals surface area contributed by atoms with Crippen molar-refractivity contribution < 1.29 is 9.53 Å². The Balaban J connectivity index is 1.79. The van der Waals surface area contributed by atoms with Gasteiger partial charge in [-0.1, -0.05) is 0 Å². The number of aromatic nitrogens is 2. The second kappa shape index (κ2) is 5.57. The maximum atomic E-state index is 11.4. The summed E-state index contributed by atoms with van der Waals surface area (Å²) in [6, 6.07) is 5.69. The summed E-state index contributed by atoms with van der Waals surface area (Å²) in [6.45, 7) is 0.375. The summed E-state index contributed by atoms with van der Waals surface area (Å²) in [7, 11) is 1.86. The molecule has 0 saturated carbocycles. The number of benzene rings is 1. The zero-order chi connectivity index (χ0) is 14.8. The van der Waals surface area contributed by atoms with Crippen LogP contribution in [0.3, 0.4) is 0 Å². The average molecular weight is 286 g/mol. The van der Waals surface area contributed by atoms with Gasteiger partial charge in [0.2, 0.25) is 5.91 Å². The van der Waals surface area contributed by atoms with Gasteiger partial charge in [-0.25, -0.2) is 0 Å². The van der Waals surface area contributed by atoms with Gasteiger partial charge in [-0.3, -0.25) is 9.48 Å². The lowest BCUT2D eigenvalue weighted by molar-refractivity contribution is -0.116. The summed E-state index contributed by atoms with van der Waals surface area (Å²) >= 11 is 0. The summed E-state index contributed by atoms with van der Waals surface area (Å²) < 4.78 is 7.69. The summed E-state index contributed by atoms with van der Waals surface area (Å²) in [5.41, 5.74) is 8.71. The molecule has 1 aliphatic heterocycles. The van der Waals surface area contributed by atoms with Crippen molar-refractivity contribution in [3.63, 3.8) is 0 Å². The topological polar surface area (TPSA) is 82.2 Å². The van der Waals surface area contributed by atoms with Crippen molar-refractivity contribution in [1.82, 2.24) is 9.78 Å². The van der Waals surface area contributed by atoms with Gasteiger partial charge in [-0.15, -0.1) is 0 Å². The smallest absolute Gasteiger partial charge is 0.224 e. The number of ether oxygens (including phenoxy) is 1. The first-order valence-corrected chi connectivity index (χ1v) is 6.94. The number of carbonyl (C=O) groups excluding carboxylic acids is 1. The van der Waals surface area contributed by atoms with Crippen molar-refractivity contribution in [1.29, 1.82) is 0 Å². The largest absolute Gasteiger partial charge is 0.484 e. The van der Waals surface area contributed by atoms with E-state index in [1.54, 1.807) is 10.9 Å². The molecule has 110 valence electrons. The minimum Gasteiger partial charge on any atom is -0.484 e. The van der Waals surface area contributed by atoms with Gasteiger partial charge in [0.25, 0.3) is 0 Å². The number of hydrogen-bond donors (Lipinski definition) is 2. The molecule has 2 aromatic rings. The lowest BCUT2D eigenvalue weighted by Gasteiger charge is -2.20. The van der Waals surface area contributed by atoms with Crippen LogP contribution >= 0.6 is 0 Å². The second-order valence-electron chi connectivity index (χ2n) is 5.16. The fraction of sp³-hybridized carbons (Fsp3) is 0.333. The van der Waals surface area contributed by atoms with Crippen LogP contribution in [0.25, 0.3) is 0 Å². The molecule has 0 saturated heterocycles. The molecule has 6 heteroatoms. The van der Waals surface area contributed by atoms with E-state index < -0.39 is 0 Å². The zero-order valence-corrected chi connectivity index (χ0v) is 11.9. The summed E-state index contributed by atoms with van der Waals surface area (Å²) in [4.78, 5) is 11.4. The molecule has 21 heavy (non-hydrogen) atoms. The van der Waals surface area contributed by atoms with Crippen LogP contribution in [0.2, 0.25) is 0 Å². The molecule has 2 heterocycles. The first-order chi connectivity index (χ1) is 10.2. The first-order valence-electron chi connectivity index (χ1n) is 6.94. The molecule has 0 fully saturated rings. The predicted molar refractivity (Wildman–Crippen MR) is 79.0 cm³/mol. The van der Waals surface area contributed by atoms with Gasteiger partial charge >= 0.3 is 0 Å². The number of fused-ring (bicyclic) bond motifs is 1. The minimum atomic E-state index is -0.227. The van der Waals surface area contributed by atoms with Crippen molar-refractivity contribution in [2.75, 3.05) is 11.9 Å². The molecule has 1 aromatic carbocycles. The van der Waals surface area contributed by atoms with Crippen molar-refractivity contribution >= 4 is 11.6 Å². The molecule has 0 bridgehead atoms. The van der Waals surface area contributed by atoms with E-state index in [4.69, 9.17) is 10.5 Å². The van der Waals surface area contributed by atoms with Crippen molar-refractivity contribution in [3.05, 3.63) is 41.7 Å². The number of hydrogen-bond acceptors (Lipinski definition) is 4. The third-order valence-corrected chi connectivity index (χ3v) is 3.56. The van der Waals surface area contributed by atoms with Crippen LogP contribution in [0.5, 0.6) is 5.75 Å². The Hall–Kier alpha value is -2.34. The van der Waals surface area contributed by atoms with Crippen LogP contribution in [-0.2, 0) is 18.3 Å². The number of nitrogens with one attached hydrogen (secondary N) is 1. The Morgan fingerprint density at radius 1 is 1.48 bits per heavy atom. The third-order valence-electron chi connectivity index (χ3n) is 3.56. The second-order valence-corrected chi connectivity index (χ2v) is 5.16. The Kier molecular flexibility index (Phi) is 3.62. The monoisotopic (exact) mass is 286 g/mol. The molecule has 3 N–H and O–H groups in total. The minimum absolute atomic E-state index is 0.0614. The van der Waals surface area contributed by atoms with Crippen LogP contribution < -0.4 is 15.8 Å². The van der Waals surface area contributed by atoms with E-state index in [0.717, 1.165) is 29.0 Å². The maximum Gasteiger partial charge on any atom is 0.224 e.